The van der Waals surface area contributed by atoms with Gasteiger partial charge in [0.1, 0.15) is 0 Å². The number of aromatic nitrogens is 1. The summed E-state index contributed by atoms with van der Waals surface area (Å²) in [5, 5.41) is 0. The topological polar surface area (TPSA) is 62.0 Å². The van der Waals surface area contributed by atoms with Gasteiger partial charge in [0.2, 0.25) is 10.0 Å². The van der Waals surface area contributed by atoms with Crippen LogP contribution in [0, 0.1) is 13.8 Å². The van der Waals surface area contributed by atoms with E-state index in [2.05, 4.69) is 15.8 Å². The molecule has 0 unspecified atom stereocenters. The Kier molecular flexibility index (Phi) is 4.10. The molecule has 2 aromatic rings. The SMILES string of the molecule is Cc1cc(CCNS(=O)(=O)c2ccc3c(c2)CCC3)c(C)[nH]1. The van der Waals surface area contributed by atoms with E-state index in [0.717, 1.165) is 36.2 Å². The number of H-pyrrole nitrogens is 1. The van der Waals surface area contributed by atoms with Crippen LogP contribution in [0.5, 0.6) is 0 Å². The molecule has 0 bridgehead atoms. The molecule has 118 valence electrons. The Morgan fingerprint density at radius 2 is 1.91 bits per heavy atom. The maximum atomic E-state index is 12.4. The number of aryl methyl sites for hydroxylation is 4. The van der Waals surface area contributed by atoms with Crippen LogP contribution in [0.25, 0.3) is 0 Å². The minimum Gasteiger partial charge on any atom is -0.362 e. The van der Waals surface area contributed by atoms with Crippen LogP contribution in [0.1, 0.15) is 34.5 Å². The van der Waals surface area contributed by atoms with Gasteiger partial charge in [0.15, 0.2) is 0 Å². The van der Waals surface area contributed by atoms with Crippen molar-refractivity contribution in [3.63, 3.8) is 0 Å². The molecule has 1 heterocycles. The van der Waals surface area contributed by atoms with E-state index in [-0.39, 0.29) is 0 Å². The van der Waals surface area contributed by atoms with E-state index in [1.807, 2.05) is 26.0 Å². The van der Waals surface area contributed by atoms with E-state index in [0.29, 0.717) is 17.9 Å². The largest absolute Gasteiger partial charge is 0.362 e. The van der Waals surface area contributed by atoms with E-state index in [9.17, 15) is 8.42 Å². The number of aromatic amines is 1. The molecule has 0 spiro atoms. The van der Waals surface area contributed by atoms with Crippen molar-refractivity contribution >= 4 is 10.0 Å². The van der Waals surface area contributed by atoms with E-state index in [1.54, 1.807) is 6.07 Å². The lowest BCUT2D eigenvalue weighted by Crippen LogP contribution is -2.26. The second-order valence-electron chi connectivity index (χ2n) is 6.03. The Labute approximate surface area is 132 Å². The second kappa shape index (κ2) is 5.89. The molecule has 0 aliphatic heterocycles. The molecule has 1 aromatic carbocycles. The number of sulfonamides is 1. The summed E-state index contributed by atoms with van der Waals surface area (Å²) in [7, 11) is -3.42. The highest BCUT2D eigenvalue weighted by atomic mass is 32.2. The molecular formula is C17H22N2O2S. The van der Waals surface area contributed by atoms with Crippen molar-refractivity contribution in [2.75, 3.05) is 6.54 Å². The lowest BCUT2D eigenvalue weighted by atomic mass is 10.1. The number of nitrogens with one attached hydrogen (secondary N) is 2. The fourth-order valence-corrected chi connectivity index (χ4v) is 4.24. The molecule has 1 aromatic heterocycles. The Morgan fingerprint density at radius 3 is 2.64 bits per heavy atom. The highest BCUT2D eigenvalue weighted by Crippen LogP contribution is 2.24. The number of benzene rings is 1. The molecule has 1 aliphatic carbocycles. The average molecular weight is 318 g/mol. The van der Waals surface area contributed by atoms with Crippen molar-refractivity contribution in [3.05, 3.63) is 52.3 Å². The standard InChI is InChI=1S/C17H22N2O2S/c1-12-10-15(13(2)19-12)8-9-18-22(20,21)17-7-6-14-4-3-5-16(14)11-17/h6-7,10-11,18-19H,3-5,8-9H2,1-2H3. The summed E-state index contributed by atoms with van der Waals surface area (Å²) in [6, 6.07) is 7.57. The smallest absolute Gasteiger partial charge is 0.240 e. The molecular weight excluding hydrogens is 296 g/mol. The van der Waals surface area contributed by atoms with Crippen LogP contribution < -0.4 is 4.72 Å². The number of hydrogen-bond donors (Lipinski definition) is 2. The zero-order chi connectivity index (χ0) is 15.7. The summed E-state index contributed by atoms with van der Waals surface area (Å²) in [4.78, 5) is 3.62. The predicted octanol–water partition coefficient (Wildman–Crippen LogP) is 2.64. The Morgan fingerprint density at radius 1 is 1.14 bits per heavy atom. The van der Waals surface area contributed by atoms with E-state index in [4.69, 9.17) is 0 Å². The third-order valence-corrected chi connectivity index (χ3v) is 5.78. The average Bonchev–Trinajstić information content (AvgIpc) is 3.04. The summed E-state index contributed by atoms with van der Waals surface area (Å²) in [6.07, 6.45) is 3.87. The minimum absolute atomic E-state index is 0.384. The van der Waals surface area contributed by atoms with Crippen LogP contribution in [0.3, 0.4) is 0 Å². The first kappa shape index (κ1) is 15.3. The van der Waals surface area contributed by atoms with Crippen molar-refractivity contribution in [1.29, 1.82) is 0 Å². The zero-order valence-electron chi connectivity index (χ0n) is 13.1. The first-order chi connectivity index (χ1) is 10.5. The van der Waals surface area contributed by atoms with Crippen molar-refractivity contribution in [1.82, 2.24) is 9.71 Å². The molecule has 0 radical (unpaired) electrons. The number of hydrogen-bond acceptors (Lipinski definition) is 2. The number of fused-ring (bicyclic) bond motifs is 1. The van der Waals surface area contributed by atoms with Gasteiger partial charge in [0.05, 0.1) is 4.90 Å². The Bertz CT molecular complexity index is 791. The van der Waals surface area contributed by atoms with Gasteiger partial charge in [0.25, 0.3) is 0 Å². The van der Waals surface area contributed by atoms with Gasteiger partial charge in [-0.2, -0.15) is 0 Å². The Balaban J connectivity index is 1.67. The summed E-state index contributed by atoms with van der Waals surface area (Å²) in [5.41, 5.74) is 5.84. The quantitative estimate of drug-likeness (QED) is 0.890. The van der Waals surface area contributed by atoms with Crippen molar-refractivity contribution < 1.29 is 8.42 Å². The van der Waals surface area contributed by atoms with E-state index < -0.39 is 10.0 Å². The van der Waals surface area contributed by atoms with Crippen LogP contribution in [0.2, 0.25) is 0 Å². The van der Waals surface area contributed by atoms with Crippen LogP contribution >= 0.6 is 0 Å². The molecule has 2 N–H and O–H groups in total. The fourth-order valence-electron chi connectivity index (χ4n) is 3.16. The maximum Gasteiger partial charge on any atom is 0.240 e. The fraction of sp³-hybridized carbons (Fsp3) is 0.412. The van der Waals surface area contributed by atoms with Gasteiger partial charge in [-0.1, -0.05) is 6.07 Å². The van der Waals surface area contributed by atoms with Gasteiger partial charge in [-0.3, -0.25) is 0 Å². The van der Waals surface area contributed by atoms with Gasteiger partial charge in [0, 0.05) is 17.9 Å². The van der Waals surface area contributed by atoms with E-state index >= 15 is 0 Å². The lowest BCUT2D eigenvalue weighted by molar-refractivity contribution is 0.581. The van der Waals surface area contributed by atoms with Gasteiger partial charge >= 0.3 is 0 Å². The molecule has 0 saturated carbocycles. The monoisotopic (exact) mass is 318 g/mol. The second-order valence-corrected chi connectivity index (χ2v) is 7.80. The molecule has 0 atom stereocenters. The van der Waals surface area contributed by atoms with E-state index in [1.165, 1.54) is 11.1 Å². The van der Waals surface area contributed by atoms with Crippen molar-refractivity contribution in [3.8, 4) is 0 Å². The summed E-state index contributed by atoms with van der Waals surface area (Å²) in [6.45, 7) is 4.43. The molecule has 22 heavy (non-hydrogen) atoms. The predicted molar refractivity (Wildman–Crippen MR) is 87.6 cm³/mol. The first-order valence-corrected chi connectivity index (χ1v) is 9.20. The maximum absolute atomic E-state index is 12.4. The highest BCUT2D eigenvalue weighted by molar-refractivity contribution is 7.89. The molecule has 0 saturated heterocycles. The molecule has 5 heteroatoms. The lowest BCUT2D eigenvalue weighted by Gasteiger charge is -2.08. The molecule has 0 fully saturated rings. The zero-order valence-corrected chi connectivity index (χ0v) is 13.9. The molecule has 0 amide bonds. The van der Waals surface area contributed by atoms with Crippen LogP contribution in [0.15, 0.2) is 29.2 Å². The summed E-state index contributed by atoms with van der Waals surface area (Å²) >= 11 is 0. The van der Waals surface area contributed by atoms with Crippen LogP contribution in [0.4, 0.5) is 0 Å². The van der Waals surface area contributed by atoms with Gasteiger partial charge < -0.3 is 4.98 Å². The highest BCUT2D eigenvalue weighted by Gasteiger charge is 2.18. The summed E-state index contributed by atoms with van der Waals surface area (Å²) in [5.74, 6) is 0. The third-order valence-electron chi connectivity index (χ3n) is 4.32. The van der Waals surface area contributed by atoms with Crippen LogP contribution in [-0.4, -0.2) is 19.9 Å². The Hall–Kier alpha value is -1.59. The first-order valence-electron chi connectivity index (χ1n) is 7.72. The molecule has 3 rings (SSSR count). The van der Waals surface area contributed by atoms with Gasteiger partial charge in [-0.25, -0.2) is 13.1 Å². The van der Waals surface area contributed by atoms with Crippen molar-refractivity contribution in [2.24, 2.45) is 0 Å². The van der Waals surface area contributed by atoms with Crippen LogP contribution in [-0.2, 0) is 29.3 Å². The normalized spacial score (nSPS) is 14.3. The molecule has 4 nitrogen and oxygen atoms in total. The minimum atomic E-state index is -3.42. The van der Waals surface area contributed by atoms with Gasteiger partial charge in [-0.15, -0.1) is 0 Å². The summed E-state index contributed by atoms with van der Waals surface area (Å²) < 4.78 is 27.5. The van der Waals surface area contributed by atoms with Crippen molar-refractivity contribution in [2.45, 2.75) is 44.4 Å². The number of rotatable bonds is 5. The molecule has 1 aliphatic rings. The third kappa shape index (κ3) is 3.10. The van der Waals surface area contributed by atoms with Gasteiger partial charge in [-0.05, 0) is 74.4 Å².